The van der Waals surface area contributed by atoms with Crippen molar-refractivity contribution in [3.05, 3.63) is 58.3 Å². The molecule has 1 aliphatic carbocycles. The summed E-state index contributed by atoms with van der Waals surface area (Å²) in [6.07, 6.45) is 3.53. The Balaban J connectivity index is 1.85. The van der Waals surface area contributed by atoms with Crippen LogP contribution in [0.25, 0.3) is 0 Å². The summed E-state index contributed by atoms with van der Waals surface area (Å²) in [5, 5.41) is 2.89. The van der Waals surface area contributed by atoms with Gasteiger partial charge in [0.05, 0.1) is 6.54 Å². The van der Waals surface area contributed by atoms with Crippen LogP contribution >= 0.6 is 0 Å². The lowest BCUT2D eigenvalue weighted by Crippen LogP contribution is -2.30. The van der Waals surface area contributed by atoms with Crippen LogP contribution in [0.5, 0.6) is 0 Å². The zero-order chi connectivity index (χ0) is 13.2. The molecule has 1 amide bonds. The molecule has 1 aromatic heterocycles. The molecule has 0 radical (unpaired) electrons. The molecule has 5 nitrogen and oxygen atoms in total. The van der Waals surface area contributed by atoms with Crippen molar-refractivity contribution in [1.29, 1.82) is 0 Å². The van der Waals surface area contributed by atoms with E-state index < -0.39 is 0 Å². The summed E-state index contributed by atoms with van der Waals surface area (Å²) < 4.78 is 1.47. The molecule has 1 aromatic carbocycles. The topological polar surface area (TPSA) is 66.9 Å². The monoisotopic (exact) mass is 257 g/mol. The standard InChI is InChI=1S/C14H15N3O2/c18-13(16-11-6-7-11)12-8-15-14(19)17(12)9-10-4-2-1-3-5-10/h1-5,8,11H,6-7,9H2,(H,15,19)(H,16,18). The minimum absolute atomic E-state index is 0.184. The zero-order valence-corrected chi connectivity index (χ0v) is 10.4. The average Bonchev–Trinajstić information content (AvgIpc) is 3.15. The van der Waals surface area contributed by atoms with Crippen LogP contribution in [-0.2, 0) is 6.54 Å². The number of hydrogen-bond donors (Lipinski definition) is 2. The Morgan fingerprint density at radius 3 is 2.74 bits per heavy atom. The summed E-state index contributed by atoms with van der Waals surface area (Å²) in [5.41, 5.74) is 1.12. The Kier molecular flexibility index (Phi) is 2.95. The van der Waals surface area contributed by atoms with Crippen molar-refractivity contribution < 1.29 is 4.79 Å². The molecule has 1 heterocycles. The van der Waals surface area contributed by atoms with E-state index in [-0.39, 0.29) is 17.6 Å². The van der Waals surface area contributed by atoms with Gasteiger partial charge < -0.3 is 10.3 Å². The highest BCUT2D eigenvalue weighted by Crippen LogP contribution is 2.19. The van der Waals surface area contributed by atoms with Gasteiger partial charge in [-0.15, -0.1) is 0 Å². The Labute approximate surface area is 110 Å². The molecule has 19 heavy (non-hydrogen) atoms. The SMILES string of the molecule is O=C(NC1CC1)c1c[nH]c(=O)n1Cc1ccccc1. The van der Waals surface area contributed by atoms with E-state index in [4.69, 9.17) is 0 Å². The number of aromatic amines is 1. The van der Waals surface area contributed by atoms with Gasteiger partial charge in [-0.2, -0.15) is 0 Å². The lowest BCUT2D eigenvalue weighted by molar-refractivity contribution is 0.0942. The van der Waals surface area contributed by atoms with Gasteiger partial charge in [0, 0.05) is 12.2 Å². The first-order chi connectivity index (χ1) is 9.24. The molecular weight excluding hydrogens is 242 g/mol. The van der Waals surface area contributed by atoms with Crippen LogP contribution in [0.4, 0.5) is 0 Å². The Bertz CT molecular complexity index is 638. The fourth-order valence-corrected chi connectivity index (χ4v) is 1.99. The molecule has 0 saturated heterocycles. The average molecular weight is 257 g/mol. The van der Waals surface area contributed by atoms with Gasteiger partial charge in [0.2, 0.25) is 0 Å². The van der Waals surface area contributed by atoms with Crippen molar-refractivity contribution in [2.24, 2.45) is 0 Å². The number of rotatable bonds is 4. The number of carbonyl (C=O) groups excluding carboxylic acids is 1. The second-order valence-electron chi connectivity index (χ2n) is 4.80. The van der Waals surface area contributed by atoms with E-state index in [0.29, 0.717) is 12.2 Å². The molecule has 1 aliphatic rings. The van der Waals surface area contributed by atoms with Crippen molar-refractivity contribution in [3.63, 3.8) is 0 Å². The lowest BCUT2D eigenvalue weighted by atomic mass is 10.2. The van der Waals surface area contributed by atoms with Gasteiger partial charge in [0.1, 0.15) is 5.69 Å². The second kappa shape index (κ2) is 4.76. The first-order valence-electron chi connectivity index (χ1n) is 6.37. The number of amides is 1. The predicted octanol–water partition coefficient (Wildman–Crippen LogP) is 1.12. The maximum absolute atomic E-state index is 12.0. The van der Waals surface area contributed by atoms with Gasteiger partial charge in [0.15, 0.2) is 0 Å². The van der Waals surface area contributed by atoms with Crippen molar-refractivity contribution in [3.8, 4) is 0 Å². The molecule has 1 fully saturated rings. The molecular formula is C14H15N3O2. The van der Waals surface area contributed by atoms with Crippen molar-refractivity contribution in [2.75, 3.05) is 0 Å². The number of nitrogens with one attached hydrogen (secondary N) is 2. The van der Waals surface area contributed by atoms with Crippen LogP contribution in [-0.4, -0.2) is 21.5 Å². The normalized spacial score (nSPS) is 14.3. The van der Waals surface area contributed by atoms with E-state index in [2.05, 4.69) is 10.3 Å². The van der Waals surface area contributed by atoms with Crippen LogP contribution in [0.15, 0.2) is 41.3 Å². The minimum atomic E-state index is -0.259. The summed E-state index contributed by atoms with van der Waals surface area (Å²) in [5.74, 6) is -0.184. The lowest BCUT2D eigenvalue weighted by Gasteiger charge is -2.07. The van der Waals surface area contributed by atoms with E-state index in [0.717, 1.165) is 18.4 Å². The smallest absolute Gasteiger partial charge is 0.326 e. The van der Waals surface area contributed by atoms with Crippen LogP contribution < -0.4 is 11.0 Å². The molecule has 0 spiro atoms. The van der Waals surface area contributed by atoms with E-state index >= 15 is 0 Å². The van der Waals surface area contributed by atoms with Crippen molar-refractivity contribution >= 4 is 5.91 Å². The third-order valence-corrected chi connectivity index (χ3v) is 3.20. The number of imidazole rings is 1. The number of aromatic nitrogens is 2. The number of H-pyrrole nitrogens is 1. The van der Waals surface area contributed by atoms with Gasteiger partial charge in [-0.05, 0) is 18.4 Å². The van der Waals surface area contributed by atoms with Gasteiger partial charge in [-0.25, -0.2) is 4.79 Å². The molecule has 0 aliphatic heterocycles. The molecule has 3 rings (SSSR count). The number of hydrogen-bond acceptors (Lipinski definition) is 2. The third kappa shape index (κ3) is 2.59. The second-order valence-corrected chi connectivity index (χ2v) is 4.80. The van der Waals surface area contributed by atoms with Crippen LogP contribution in [0.1, 0.15) is 28.9 Å². The molecule has 0 bridgehead atoms. The van der Waals surface area contributed by atoms with Crippen LogP contribution in [0, 0.1) is 0 Å². The van der Waals surface area contributed by atoms with Crippen LogP contribution in [0.3, 0.4) is 0 Å². The highest BCUT2D eigenvalue weighted by molar-refractivity contribution is 5.92. The molecule has 2 N–H and O–H groups in total. The summed E-state index contributed by atoms with van der Waals surface area (Å²) in [7, 11) is 0. The largest absolute Gasteiger partial charge is 0.348 e. The third-order valence-electron chi connectivity index (χ3n) is 3.20. The minimum Gasteiger partial charge on any atom is -0.348 e. The highest BCUT2D eigenvalue weighted by atomic mass is 16.2. The predicted molar refractivity (Wildman–Crippen MR) is 71.1 cm³/mol. The Hall–Kier alpha value is -2.30. The Morgan fingerprint density at radius 2 is 2.05 bits per heavy atom. The fraction of sp³-hybridized carbons (Fsp3) is 0.286. The quantitative estimate of drug-likeness (QED) is 0.861. The van der Waals surface area contributed by atoms with E-state index in [1.807, 2.05) is 30.3 Å². The zero-order valence-electron chi connectivity index (χ0n) is 10.4. The molecule has 1 saturated carbocycles. The van der Waals surface area contributed by atoms with E-state index in [9.17, 15) is 9.59 Å². The maximum atomic E-state index is 12.0. The maximum Gasteiger partial charge on any atom is 0.326 e. The van der Waals surface area contributed by atoms with Gasteiger partial charge in [-0.1, -0.05) is 30.3 Å². The van der Waals surface area contributed by atoms with Crippen molar-refractivity contribution in [2.45, 2.75) is 25.4 Å². The fourth-order valence-electron chi connectivity index (χ4n) is 1.99. The van der Waals surface area contributed by atoms with Crippen molar-refractivity contribution in [1.82, 2.24) is 14.9 Å². The Morgan fingerprint density at radius 1 is 1.32 bits per heavy atom. The summed E-state index contributed by atoms with van der Waals surface area (Å²) >= 11 is 0. The van der Waals surface area contributed by atoms with Crippen LogP contribution in [0.2, 0.25) is 0 Å². The number of nitrogens with zero attached hydrogens (tertiary/aromatic N) is 1. The number of carbonyl (C=O) groups is 1. The van der Waals surface area contributed by atoms with E-state index in [1.54, 1.807) is 0 Å². The highest BCUT2D eigenvalue weighted by Gasteiger charge is 2.25. The first-order valence-corrected chi connectivity index (χ1v) is 6.37. The summed E-state index contributed by atoms with van der Waals surface area (Å²) in [6.45, 7) is 0.399. The van der Waals surface area contributed by atoms with E-state index in [1.165, 1.54) is 10.8 Å². The van der Waals surface area contributed by atoms with Gasteiger partial charge >= 0.3 is 5.69 Å². The van der Waals surface area contributed by atoms with Gasteiger partial charge in [0.25, 0.3) is 5.91 Å². The summed E-state index contributed by atoms with van der Waals surface area (Å²) in [4.78, 5) is 26.4. The number of benzene rings is 1. The first kappa shape index (κ1) is 11.8. The molecule has 5 heteroatoms. The van der Waals surface area contributed by atoms with Gasteiger partial charge in [-0.3, -0.25) is 9.36 Å². The molecule has 0 atom stereocenters. The summed E-state index contributed by atoms with van der Waals surface area (Å²) in [6, 6.07) is 9.89. The molecule has 0 unspecified atom stereocenters. The molecule has 2 aromatic rings. The molecule has 98 valence electrons.